The molecule has 0 bridgehead atoms. The molecule has 1 aromatic rings. The first-order valence-electron chi connectivity index (χ1n) is 5.79. The molecule has 0 saturated carbocycles. The number of benzene rings is 1. The molecule has 1 aliphatic heterocycles. The van der Waals surface area contributed by atoms with Gasteiger partial charge in [0.1, 0.15) is 6.04 Å². The predicted molar refractivity (Wildman–Crippen MR) is 66.4 cm³/mol. The molecule has 2 rings (SSSR count). The third kappa shape index (κ3) is 2.69. The van der Waals surface area contributed by atoms with Crippen LogP contribution in [0.1, 0.15) is 10.4 Å². The quantitative estimate of drug-likeness (QED) is 0.617. The van der Waals surface area contributed by atoms with E-state index in [1.54, 1.807) is 0 Å². The molecule has 1 N–H and O–H groups in total. The number of nitriles is 1. The molecule has 1 atom stereocenters. The van der Waals surface area contributed by atoms with E-state index < -0.39 is 11.0 Å². The molecule has 0 aliphatic carbocycles. The summed E-state index contributed by atoms with van der Waals surface area (Å²) in [5.41, 5.74) is 0.103. The summed E-state index contributed by atoms with van der Waals surface area (Å²) in [5, 5.41) is 22.7. The monoisotopic (exact) mass is 260 g/mol. The molecule has 98 valence electrons. The van der Waals surface area contributed by atoms with Gasteiger partial charge in [-0.15, -0.1) is 0 Å². The van der Waals surface area contributed by atoms with Crippen molar-refractivity contribution in [3.05, 3.63) is 39.9 Å². The average Bonchev–Trinajstić information content (AvgIpc) is 2.46. The van der Waals surface area contributed by atoms with E-state index in [-0.39, 0.29) is 17.2 Å². The van der Waals surface area contributed by atoms with Gasteiger partial charge in [-0.3, -0.25) is 14.9 Å². The Balaban J connectivity index is 2.26. The van der Waals surface area contributed by atoms with Gasteiger partial charge in [0, 0.05) is 37.3 Å². The number of nitro benzene ring substituents is 1. The van der Waals surface area contributed by atoms with Crippen LogP contribution in [0.15, 0.2) is 24.3 Å². The van der Waals surface area contributed by atoms with Gasteiger partial charge >= 0.3 is 0 Å². The lowest BCUT2D eigenvalue weighted by Crippen LogP contribution is -2.53. The highest BCUT2D eigenvalue weighted by molar-refractivity contribution is 5.95. The second-order valence-electron chi connectivity index (χ2n) is 4.16. The zero-order valence-corrected chi connectivity index (χ0v) is 10.1. The van der Waals surface area contributed by atoms with Crippen molar-refractivity contribution in [2.45, 2.75) is 6.04 Å². The molecular formula is C12H12N4O3. The number of carbonyl (C=O) groups is 1. The van der Waals surface area contributed by atoms with Crippen molar-refractivity contribution in [2.24, 2.45) is 0 Å². The lowest BCUT2D eigenvalue weighted by Gasteiger charge is -2.31. The molecule has 0 spiro atoms. The van der Waals surface area contributed by atoms with E-state index in [9.17, 15) is 14.9 Å². The van der Waals surface area contributed by atoms with Crippen LogP contribution in [0.5, 0.6) is 0 Å². The Morgan fingerprint density at radius 2 is 2.37 bits per heavy atom. The minimum Gasteiger partial charge on any atom is -0.320 e. The van der Waals surface area contributed by atoms with Crippen LogP contribution in [-0.2, 0) is 0 Å². The maximum absolute atomic E-state index is 12.3. The molecule has 7 nitrogen and oxygen atoms in total. The number of piperazine rings is 1. The van der Waals surface area contributed by atoms with Crippen LogP contribution in [0.4, 0.5) is 5.69 Å². The highest BCUT2D eigenvalue weighted by atomic mass is 16.6. The van der Waals surface area contributed by atoms with E-state index in [1.807, 2.05) is 0 Å². The Bertz CT molecular complexity index is 552. The maximum atomic E-state index is 12.3. The zero-order chi connectivity index (χ0) is 13.8. The summed E-state index contributed by atoms with van der Waals surface area (Å²) in [7, 11) is 0. The molecule has 1 aliphatic rings. The summed E-state index contributed by atoms with van der Waals surface area (Å²) in [5.74, 6) is -0.350. The minimum atomic E-state index is -0.545. The van der Waals surface area contributed by atoms with Crippen molar-refractivity contribution in [2.75, 3.05) is 19.6 Å². The predicted octanol–water partition coefficient (Wildman–Crippen LogP) is 0.532. The first-order chi connectivity index (χ1) is 9.13. The lowest BCUT2D eigenvalue weighted by molar-refractivity contribution is -0.384. The van der Waals surface area contributed by atoms with Gasteiger partial charge in [-0.25, -0.2) is 0 Å². The van der Waals surface area contributed by atoms with Crippen molar-refractivity contribution in [1.82, 2.24) is 10.2 Å². The van der Waals surface area contributed by atoms with Crippen molar-refractivity contribution in [3.63, 3.8) is 0 Å². The smallest absolute Gasteiger partial charge is 0.270 e. The number of non-ortho nitro benzene ring substituents is 1. The first kappa shape index (κ1) is 13.0. The van der Waals surface area contributed by atoms with Gasteiger partial charge in [-0.2, -0.15) is 5.26 Å². The van der Waals surface area contributed by atoms with Crippen LogP contribution in [0.25, 0.3) is 0 Å². The molecular weight excluding hydrogens is 248 g/mol. The Morgan fingerprint density at radius 3 is 3.05 bits per heavy atom. The SMILES string of the molecule is N#CC1CNCCN1C(=O)c1cccc([N+](=O)[O-])c1. The molecule has 1 fully saturated rings. The summed E-state index contributed by atoms with van der Waals surface area (Å²) >= 11 is 0. The number of amides is 1. The van der Waals surface area contributed by atoms with Crippen LogP contribution >= 0.6 is 0 Å². The molecule has 1 amide bonds. The summed E-state index contributed by atoms with van der Waals surface area (Å²) in [6, 6.07) is 7.06. The highest BCUT2D eigenvalue weighted by Gasteiger charge is 2.27. The van der Waals surface area contributed by atoms with Gasteiger partial charge in [0.2, 0.25) is 0 Å². The number of hydrogen-bond donors (Lipinski definition) is 1. The lowest BCUT2D eigenvalue weighted by atomic mass is 10.1. The largest absolute Gasteiger partial charge is 0.320 e. The van der Waals surface area contributed by atoms with Crippen LogP contribution in [0.3, 0.4) is 0 Å². The van der Waals surface area contributed by atoms with Crippen LogP contribution < -0.4 is 5.32 Å². The van der Waals surface area contributed by atoms with Crippen molar-refractivity contribution < 1.29 is 9.72 Å². The molecule has 1 aromatic carbocycles. The number of rotatable bonds is 2. The third-order valence-electron chi connectivity index (χ3n) is 2.96. The van der Waals surface area contributed by atoms with Gasteiger partial charge in [0.15, 0.2) is 0 Å². The number of nitrogens with zero attached hydrogens (tertiary/aromatic N) is 3. The van der Waals surface area contributed by atoms with Crippen molar-refractivity contribution in [3.8, 4) is 6.07 Å². The summed E-state index contributed by atoms with van der Waals surface area (Å²) < 4.78 is 0. The fraction of sp³-hybridized carbons (Fsp3) is 0.333. The van der Waals surface area contributed by atoms with Crippen molar-refractivity contribution in [1.29, 1.82) is 5.26 Å². The Labute approximate surface area is 109 Å². The van der Waals surface area contributed by atoms with Gasteiger partial charge in [-0.05, 0) is 6.07 Å². The fourth-order valence-corrected chi connectivity index (χ4v) is 1.98. The summed E-state index contributed by atoms with van der Waals surface area (Å²) in [4.78, 5) is 23.9. The molecule has 1 heterocycles. The number of hydrogen-bond acceptors (Lipinski definition) is 5. The Hall–Kier alpha value is -2.46. The Kier molecular flexibility index (Phi) is 3.73. The summed E-state index contributed by atoms with van der Waals surface area (Å²) in [6.45, 7) is 1.44. The van der Waals surface area contributed by atoms with Crippen molar-refractivity contribution >= 4 is 11.6 Å². The van der Waals surface area contributed by atoms with E-state index in [1.165, 1.54) is 29.2 Å². The van der Waals surface area contributed by atoms with E-state index in [0.717, 1.165) is 0 Å². The molecule has 19 heavy (non-hydrogen) atoms. The molecule has 1 unspecified atom stereocenters. The van der Waals surface area contributed by atoms with Crippen LogP contribution in [-0.4, -0.2) is 41.4 Å². The first-order valence-corrected chi connectivity index (χ1v) is 5.79. The molecule has 7 heteroatoms. The molecule has 0 aromatic heterocycles. The van der Waals surface area contributed by atoms with Gasteiger partial charge in [0.05, 0.1) is 11.0 Å². The van der Waals surface area contributed by atoms with Gasteiger partial charge < -0.3 is 10.2 Å². The topological polar surface area (TPSA) is 99.3 Å². The fourth-order valence-electron chi connectivity index (χ4n) is 1.98. The van der Waals surface area contributed by atoms with E-state index in [2.05, 4.69) is 11.4 Å². The van der Waals surface area contributed by atoms with Crippen LogP contribution in [0, 0.1) is 21.4 Å². The normalized spacial score (nSPS) is 18.7. The van der Waals surface area contributed by atoms with Crippen LogP contribution in [0.2, 0.25) is 0 Å². The Morgan fingerprint density at radius 1 is 1.58 bits per heavy atom. The maximum Gasteiger partial charge on any atom is 0.270 e. The zero-order valence-electron chi connectivity index (χ0n) is 10.1. The molecule has 0 radical (unpaired) electrons. The summed E-state index contributed by atoms with van der Waals surface area (Å²) in [6.07, 6.45) is 0. The highest BCUT2D eigenvalue weighted by Crippen LogP contribution is 2.16. The minimum absolute atomic E-state index is 0.130. The standard InChI is InChI=1S/C12H12N4O3/c13-7-11-8-14-4-5-15(11)12(17)9-2-1-3-10(6-9)16(18)19/h1-3,6,11,14H,4-5,8H2. The van der Waals surface area contributed by atoms with Gasteiger partial charge in [-0.1, -0.05) is 6.07 Å². The van der Waals surface area contributed by atoms with E-state index in [0.29, 0.717) is 19.6 Å². The van der Waals surface area contributed by atoms with E-state index >= 15 is 0 Å². The second kappa shape index (κ2) is 5.46. The number of nitrogens with one attached hydrogen (secondary N) is 1. The van der Waals surface area contributed by atoms with Gasteiger partial charge in [0.25, 0.3) is 11.6 Å². The number of nitro groups is 1. The second-order valence-corrected chi connectivity index (χ2v) is 4.16. The average molecular weight is 260 g/mol. The third-order valence-corrected chi connectivity index (χ3v) is 2.96. The number of carbonyl (C=O) groups excluding carboxylic acids is 1. The van der Waals surface area contributed by atoms with E-state index in [4.69, 9.17) is 5.26 Å². The molecule has 1 saturated heterocycles.